The Balaban J connectivity index is 2.39. The highest BCUT2D eigenvalue weighted by atomic mass is 16.5. The molecule has 0 spiro atoms. The summed E-state index contributed by atoms with van der Waals surface area (Å²) in [5.41, 5.74) is -0.178. The van der Waals surface area contributed by atoms with Crippen LogP contribution in [0.25, 0.3) is 0 Å². The summed E-state index contributed by atoms with van der Waals surface area (Å²) >= 11 is 0. The summed E-state index contributed by atoms with van der Waals surface area (Å²) in [5, 5.41) is 8.72. The number of hydrogen-bond donors (Lipinski definition) is 0. The Bertz CT molecular complexity index is 171. The summed E-state index contributed by atoms with van der Waals surface area (Å²) in [4.78, 5) is 0. The second-order valence-electron chi connectivity index (χ2n) is 4.12. The Morgan fingerprint density at radius 3 is 2.27 bits per heavy atom. The van der Waals surface area contributed by atoms with Gasteiger partial charge in [-0.25, -0.2) is 0 Å². The van der Waals surface area contributed by atoms with Crippen LogP contribution in [0.5, 0.6) is 0 Å². The standard InChI is InChI=1S/C9H15NO/c1-9(2,3)11-8(6-10)7-4-5-7/h7-8H,4-5H2,1-3H3. The Hall–Kier alpha value is -0.550. The summed E-state index contributed by atoms with van der Waals surface area (Å²) in [6.45, 7) is 5.96. The molecule has 0 saturated heterocycles. The molecule has 2 nitrogen and oxygen atoms in total. The van der Waals surface area contributed by atoms with Gasteiger partial charge in [0.1, 0.15) is 6.10 Å². The van der Waals surface area contributed by atoms with E-state index in [0.717, 1.165) is 12.8 Å². The van der Waals surface area contributed by atoms with Crippen LogP contribution in [0.15, 0.2) is 0 Å². The highest BCUT2D eigenvalue weighted by molar-refractivity contribution is 4.97. The first-order valence-electron chi connectivity index (χ1n) is 4.10. The SMILES string of the molecule is CC(C)(C)OC(C#N)C1CC1. The molecule has 1 saturated carbocycles. The third-order valence-corrected chi connectivity index (χ3v) is 1.66. The van der Waals surface area contributed by atoms with Gasteiger partial charge in [-0.2, -0.15) is 5.26 Å². The molecule has 0 bridgehead atoms. The number of nitriles is 1. The predicted molar refractivity (Wildman–Crippen MR) is 43.0 cm³/mol. The van der Waals surface area contributed by atoms with Crippen molar-refractivity contribution in [2.45, 2.75) is 45.3 Å². The van der Waals surface area contributed by atoms with Gasteiger partial charge in [-0.15, -0.1) is 0 Å². The fourth-order valence-electron chi connectivity index (χ4n) is 1.01. The summed E-state index contributed by atoms with van der Waals surface area (Å²) in [6, 6.07) is 2.20. The largest absolute Gasteiger partial charge is 0.357 e. The molecule has 1 aliphatic carbocycles. The minimum atomic E-state index is -0.178. The van der Waals surface area contributed by atoms with Crippen LogP contribution in [0.4, 0.5) is 0 Å². The van der Waals surface area contributed by atoms with Crippen LogP contribution in [0, 0.1) is 17.2 Å². The van der Waals surface area contributed by atoms with Crippen LogP contribution < -0.4 is 0 Å². The van der Waals surface area contributed by atoms with E-state index >= 15 is 0 Å². The summed E-state index contributed by atoms with van der Waals surface area (Å²) in [6.07, 6.45) is 2.15. The molecule has 62 valence electrons. The van der Waals surface area contributed by atoms with Crippen LogP contribution in [0.3, 0.4) is 0 Å². The first kappa shape index (κ1) is 8.55. The molecule has 1 aliphatic rings. The Labute approximate surface area is 68.2 Å². The zero-order valence-electron chi connectivity index (χ0n) is 7.42. The Kier molecular flexibility index (Phi) is 2.20. The molecule has 0 heterocycles. The van der Waals surface area contributed by atoms with Crippen LogP contribution in [0.1, 0.15) is 33.6 Å². The van der Waals surface area contributed by atoms with Crippen molar-refractivity contribution < 1.29 is 4.74 Å². The fraction of sp³-hybridized carbons (Fsp3) is 0.889. The van der Waals surface area contributed by atoms with Crippen LogP contribution in [0.2, 0.25) is 0 Å². The van der Waals surface area contributed by atoms with Crippen molar-refractivity contribution in [2.75, 3.05) is 0 Å². The summed E-state index contributed by atoms with van der Waals surface area (Å²) in [5.74, 6) is 0.513. The second kappa shape index (κ2) is 2.83. The smallest absolute Gasteiger partial charge is 0.147 e. The fourth-order valence-corrected chi connectivity index (χ4v) is 1.01. The number of hydrogen-bond acceptors (Lipinski definition) is 2. The first-order chi connectivity index (χ1) is 5.03. The van der Waals surface area contributed by atoms with Crippen molar-refractivity contribution in [3.05, 3.63) is 0 Å². The average molecular weight is 153 g/mol. The summed E-state index contributed by atoms with van der Waals surface area (Å²) in [7, 11) is 0. The van der Waals surface area contributed by atoms with E-state index in [1.54, 1.807) is 0 Å². The van der Waals surface area contributed by atoms with Crippen molar-refractivity contribution in [1.82, 2.24) is 0 Å². The Morgan fingerprint density at radius 1 is 1.45 bits per heavy atom. The van der Waals surface area contributed by atoms with E-state index in [4.69, 9.17) is 10.00 Å². The zero-order chi connectivity index (χ0) is 8.48. The first-order valence-corrected chi connectivity index (χ1v) is 4.10. The van der Waals surface area contributed by atoms with Crippen LogP contribution in [-0.4, -0.2) is 11.7 Å². The molecular formula is C9H15NO. The molecule has 1 rings (SSSR count). The van der Waals surface area contributed by atoms with E-state index in [9.17, 15) is 0 Å². The molecule has 0 aromatic rings. The molecule has 0 radical (unpaired) electrons. The molecule has 1 atom stereocenters. The quantitative estimate of drug-likeness (QED) is 0.608. The average Bonchev–Trinajstić information content (AvgIpc) is 2.61. The van der Waals surface area contributed by atoms with Crippen molar-refractivity contribution in [2.24, 2.45) is 5.92 Å². The third kappa shape index (κ3) is 2.90. The topological polar surface area (TPSA) is 33.0 Å². The van der Waals surface area contributed by atoms with E-state index in [-0.39, 0.29) is 11.7 Å². The van der Waals surface area contributed by atoms with Gasteiger partial charge < -0.3 is 4.74 Å². The molecule has 2 heteroatoms. The third-order valence-electron chi connectivity index (χ3n) is 1.66. The maximum atomic E-state index is 8.72. The minimum absolute atomic E-state index is 0.171. The van der Waals surface area contributed by atoms with Gasteiger partial charge in [-0.05, 0) is 39.5 Å². The van der Waals surface area contributed by atoms with E-state index in [1.165, 1.54) is 0 Å². The molecule has 0 amide bonds. The number of nitrogens with zero attached hydrogens (tertiary/aromatic N) is 1. The van der Waals surface area contributed by atoms with Crippen molar-refractivity contribution in [3.63, 3.8) is 0 Å². The lowest BCUT2D eigenvalue weighted by Crippen LogP contribution is -2.27. The number of rotatable bonds is 2. The monoisotopic (exact) mass is 153 g/mol. The van der Waals surface area contributed by atoms with Gasteiger partial charge in [0.25, 0.3) is 0 Å². The van der Waals surface area contributed by atoms with Crippen molar-refractivity contribution in [3.8, 4) is 6.07 Å². The highest BCUT2D eigenvalue weighted by Gasteiger charge is 2.34. The van der Waals surface area contributed by atoms with Crippen LogP contribution >= 0.6 is 0 Å². The lowest BCUT2D eigenvalue weighted by atomic mass is 10.1. The minimum Gasteiger partial charge on any atom is -0.357 e. The van der Waals surface area contributed by atoms with Crippen molar-refractivity contribution >= 4 is 0 Å². The Morgan fingerprint density at radius 2 is 2.00 bits per heavy atom. The molecular weight excluding hydrogens is 138 g/mol. The van der Waals surface area contributed by atoms with E-state index in [0.29, 0.717) is 5.92 Å². The summed E-state index contributed by atoms with van der Waals surface area (Å²) < 4.78 is 5.55. The van der Waals surface area contributed by atoms with Crippen molar-refractivity contribution in [1.29, 1.82) is 5.26 Å². The van der Waals surface area contributed by atoms with Gasteiger partial charge in [0.2, 0.25) is 0 Å². The van der Waals surface area contributed by atoms with Crippen LogP contribution in [-0.2, 0) is 4.74 Å². The lowest BCUT2D eigenvalue weighted by Gasteiger charge is -2.22. The zero-order valence-corrected chi connectivity index (χ0v) is 7.42. The van der Waals surface area contributed by atoms with E-state index in [2.05, 4.69) is 6.07 Å². The normalized spacial score (nSPS) is 20.9. The molecule has 0 aromatic carbocycles. The second-order valence-corrected chi connectivity index (χ2v) is 4.12. The molecule has 0 aromatic heterocycles. The van der Waals surface area contributed by atoms with Gasteiger partial charge in [-0.3, -0.25) is 0 Å². The van der Waals surface area contributed by atoms with Gasteiger partial charge in [0.05, 0.1) is 11.7 Å². The lowest BCUT2D eigenvalue weighted by molar-refractivity contribution is -0.0432. The predicted octanol–water partition coefficient (Wildman–Crippen LogP) is 2.10. The maximum Gasteiger partial charge on any atom is 0.147 e. The number of ether oxygens (including phenoxy) is 1. The van der Waals surface area contributed by atoms with Gasteiger partial charge >= 0.3 is 0 Å². The maximum absolute atomic E-state index is 8.72. The molecule has 11 heavy (non-hydrogen) atoms. The highest BCUT2D eigenvalue weighted by Crippen LogP contribution is 2.35. The molecule has 1 unspecified atom stereocenters. The van der Waals surface area contributed by atoms with Gasteiger partial charge in [0.15, 0.2) is 0 Å². The molecule has 0 aliphatic heterocycles. The van der Waals surface area contributed by atoms with E-state index in [1.807, 2.05) is 20.8 Å². The molecule has 0 N–H and O–H groups in total. The van der Waals surface area contributed by atoms with Gasteiger partial charge in [0, 0.05) is 0 Å². The van der Waals surface area contributed by atoms with Gasteiger partial charge in [-0.1, -0.05) is 0 Å². The van der Waals surface area contributed by atoms with E-state index < -0.39 is 0 Å². The molecule has 1 fully saturated rings.